The van der Waals surface area contributed by atoms with Crippen LogP contribution in [0.25, 0.3) is 6.08 Å². The maximum absolute atomic E-state index is 4.66. The molecule has 1 aromatic carbocycles. The number of hydrogen-bond acceptors (Lipinski definition) is 2. The van der Waals surface area contributed by atoms with Crippen molar-refractivity contribution in [2.24, 2.45) is 0 Å². The molecule has 0 amide bonds. The van der Waals surface area contributed by atoms with E-state index in [1.165, 1.54) is 11.1 Å². The highest BCUT2D eigenvalue weighted by molar-refractivity contribution is 5.49. The van der Waals surface area contributed by atoms with Crippen LogP contribution in [0.1, 0.15) is 11.1 Å². The first-order valence-electron chi connectivity index (χ1n) is 3.84. The molecule has 1 aromatic rings. The molecule has 0 aliphatic rings. The molecule has 0 spiro atoms. The van der Waals surface area contributed by atoms with Crippen molar-refractivity contribution in [1.29, 1.82) is 0 Å². The van der Waals surface area contributed by atoms with Crippen LogP contribution in [0.5, 0.6) is 0 Å². The molecule has 0 saturated heterocycles. The van der Waals surface area contributed by atoms with Crippen LogP contribution in [0.3, 0.4) is 0 Å². The van der Waals surface area contributed by atoms with E-state index in [1.807, 2.05) is 18.2 Å². The van der Waals surface area contributed by atoms with Crippen LogP contribution in [0.4, 0.5) is 0 Å². The van der Waals surface area contributed by atoms with Crippen molar-refractivity contribution < 1.29 is 4.84 Å². The predicted octanol–water partition coefficient (Wildman–Crippen LogP) is 2.12. The third-order valence-electron chi connectivity index (χ3n) is 1.50. The average molecular weight is 163 g/mol. The summed E-state index contributed by atoms with van der Waals surface area (Å²) in [6.45, 7) is 2.07. The van der Waals surface area contributed by atoms with E-state index in [0.717, 1.165) is 0 Å². The fourth-order valence-corrected chi connectivity index (χ4v) is 0.972. The third kappa shape index (κ3) is 2.76. The average Bonchev–Trinajstić information content (AvgIpc) is 2.05. The quantitative estimate of drug-likeness (QED) is 0.689. The molecule has 64 valence electrons. The van der Waals surface area contributed by atoms with Crippen molar-refractivity contribution in [2.45, 2.75) is 6.92 Å². The first kappa shape index (κ1) is 8.81. The van der Waals surface area contributed by atoms with Gasteiger partial charge in [0.1, 0.15) is 0 Å². The van der Waals surface area contributed by atoms with Crippen LogP contribution in [0, 0.1) is 6.92 Å². The second kappa shape index (κ2) is 4.57. The molecular formula is C10H13NO. The second-order valence-corrected chi connectivity index (χ2v) is 2.57. The van der Waals surface area contributed by atoms with Crippen molar-refractivity contribution >= 4 is 6.08 Å². The van der Waals surface area contributed by atoms with Gasteiger partial charge < -0.3 is 0 Å². The summed E-state index contributed by atoms with van der Waals surface area (Å²) in [5.41, 5.74) is 5.06. The van der Waals surface area contributed by atoms with Gasteiger partial charge in [-0.1, -0.05) is 29.8 Å². The summed E-state index contributed by atoms with van der Waals surface area (Å²) in [5, 5.41) is 0. The van der Waals surface area contributed by atoms with Crippen LogP contribution in [0.15, 0.2) is 30.5 Å². The molecule has 0 radical (unpaired) electrons. The van der Waals surface area contributed by atoms with Gasteiger partial charge in [-0.2, -0.15) is 0 Å². The Morgan fingerprint density at radius 3 is 2.92 bits per heavy atom. The summed E-state index contributed by atoms with van der Waals surface area (Å²) in [4.78, 5) is 4.66. The highest BCUT2D eigenvalue weighted by Gasteiger charge is 1.85. The number of rotatable bonds is 3. The smallest absolute Gasteiger partial charge is 0.0636 e. The summed E-state index contributed by atoms with van der Waals surface area (Å²) in [5.74, 6) is 0. The van der Waals surface area contributed by atoms with Gasteiger partial charge in [-0.25, -0.2) is 0 Å². The van der Waals surface area contributed by atoms with Gasteiger partial charge in [0.2, 0.25) is 0 Å². The minimum atomic E-state index is 1.17. The Kier molecular flexibility index (Phi) is 3.35. The molecule has 1 N–H and O–H groups in total. The molecule has 1 rings (SSSR count). The van der Waals surface area contributed by atoms with Gasteiger partial charge in [-0.3, -0.25) is 10.3 Å². The number of hydrogen-bond donors (Lipinski definition) is 1. The van der Waals surface area contributed by atoms with E-state index in [9.17, 15) is 0 Å². The Bertz CT molecular complexity index is 268. The van der Waals surface area contributed by atoms with E-state index in [1.54, 1.807) is 13.3 Å². The normalized spacial score (nSPS) is 10.5. The Morgan fingerprint density at radius 2 is 2.25 bits per heavy atom. The van der Waals surface area contributed by atoms with Gasteiger partial charge in [0, 0.05) is 6.20 Å². The lowest BCUT2D eigenvalue weighted by Crippen LogP contribution is -1.99. The topological polar surface area (TPSA) is 21.3 Å². The van der Waals surface area contributed by atoms with Crippen LogP contribution < -0.4 is 5.48 Å². The van der Waals surface area contributed by atoms with Crippen molar-refractivity contribution in [3.8, 4) is 0 Å². The summed E-state index contributed by atoms with van der Waals surface area (Å²) >= 11 is 0. The second-order valence-electron chi connectivity index (χ2n) is 2.57. The van der Waals surface area contributed by atoms with Crippen LogP contribution >= 0.6 is 0 Å². The van der Waals surface area contributed by atoms with Gasteiger partial charge in [-0.15, -0.1) is 0 Å². The fraction of sp³-hybridized carbons (Fsp3) is 0.200. The molecule has 0 aliphatic carbocycles. The molecule has 0 unspecified atom stereocenters. The van der Waals surface area contributed by atoms with Gasteiger partial charge in [-0.05, 0) is 18.6 Å². The van der Waals surface area contributed by atoms with Gasteiger partial charge in [0.05, 0.1) is 7.11 Å². The number of aryl methyl sites for hydroxylation is 1. The monoisotopic (exact) mass is 163 g/mol. The maximum atomic E-state index is 4.66. The van der Waals surface area contributed by atoms with E-state index in [0.29, 0.717) is 0 Å². The molecule has 12 heavy (non-hydrogen) atoms. The van der Waals surface area contributed by atoms with Crippen LogP contribution in [0.2, 0.25) is 0 Å². The van der Waals surface area contributed by atoms with E-state index in [4.69, 9.17) is 0 Å². The maximum Gasteiger partial charge on any atom is 0.0636 e. The van der Waals surface area contributed by atoms with Crippen LogP contribution in [-0.2, 0) is 4.84 Å². The van der Waals surface area contributed by atoms with Gasteiger partial charge in [0.25, 0.3) is 0 Å². The molecule has 0 aliphatic heterocycles. The Balaban J connectivity index is 2.63. The molecule has 2 heteroatoms. The van der Waals surface area contributed by atoms with Crippen molar-refractivity contribution in [3.63, 3.8) is 0 Å². The number of hydroxylamine groups is 1. The lowest BCUT2D eigenvalue weighted by molar-refractivity contribution is 0.129. The Morgan fingerprint density at radius 1 is 1.42 bits per heavy atom. The first-order valence-corrected chi connectivity index (χ1v) is 3.84. The Hall–Kier alpha value is -1.28. The number of nitrogens with one attached hydrogen (secondary N) is 1. The van der Waals surface area contributed by atoms with Crippen LogP contribution in [-0.4, -0.2) is 7.11 Å². The number of benzene rings is 1. The molecule has 0 aromatic heterocycles. The van der Waals surface area contributed by atoms with Crippen molar-refractivity contribution in [1.82, 2.24) is 5.48 Å². The molecule has 0 bridgehead atoms. The lowest BCUT2D eigenvalue weighted by Gasteiger charge is -1.96. The summed E-state index contributed by atoms with van der Waals surface area (Å²) in [7, 11) is 1.58. The molecule has 0 fully saturated rings. The minimum Gasteiger partial charge on any atom is -0.280 e. The zero-order chi connectivity index (χ0) is 8.81. The molecule has 2 nitrogen and oxygen atoms in total. The zero-order valence-electron chi connectivity index (χ0n) is 7.37. The standard InChI is InChI=1S/C10H13NO/c1-9-4-3-5-10(8-9)6-7-11-12-2/h3-8,11H,1-2H3/b7-6+. The molecule has 0 atom stereocenters. The summed E-state index contributed by atoms with van der Waals surface area (Å²) in [6.07, 6.45) is 3.71. The van der Waals surface area contributed by atoms with E-state index >= 15 is 0 Å². The zero-order valence-corrected chi connectivity index (χ0v) is 7.37. The first-order chi connectivity index (χ1) is 5.83. The SMILES string of the molecule is CON/C=C/c1cccc(C)c1. The minimum absolute atomic E-state index is 1.17. The molecular weight excluding hydrogens is 150 g/mol. The van der Waals surface area contributed by atoms with E-state index < -0.39 is 0 Å². The van der Waals surface area contributed by atoms with Crippen molar-refractivity contribution in [3.05, 3.63) is 41.6 Å². The Labute approximate surface area is 72.8 Å². The summed E-state index contributed by atoms with van der Waals surface area (Å²) in [6, 6.07) is 8.25. The highest BCUT2D eigenvalue weighted by Crippen LogP contribution is 2.04. The molecule has 0 heterocycles. The predicted molar refractivity (Wildman–Crippen MR) is 50.4 cm³/mol. The largest absolute Gasteiger partial charge is 0.280 e. The summed E-state index contributed by atoms with van der Waals surface area (Å²) < 4.78 is 0. The van der Waals surface area contributed by atoms with Crippen molar-refractivity contribution in [2.75, 3.05) is 7.11 Å². The van der Waals surface area contributed by atoms with Gasteiger partial charge in [0.15, 0.2) is 0 Å². The third-order valence-corrected chi connectivity index (χ3v) is 1.50. The van der Waals surface area contributed by atoms with E-state index in [2.05, 4.69) is 29.4 Å². The fourth-order valence-electron chi connectivity index (χ4n) is 0.972. The molecule has 0 saturated carbocycles. The lowest BCUT2D eigenvalue weighted by atomic mass is 10.1. The highest BCUT2D eigenvalue weighted by atomic mass is 16.6. The van der Waals surface area contributed by atoms with E-state index in [-0.39, 0.29) is 0 Å². The van der Waals surface area contributed by atoms with Gasteiger partial charge >= 0.3 is 0 Å².